The number of hydrogen-bond donors (Lipinski definition) is 2. The number of rotatable bonds is 6. The summed E-state index contributed by atoms with van der Waals surface area (Å²) in [7, 11) is -3.46. The molecule has 0 atom stereocenters. The van der Waals surface area contributed by atoms with Crippen LogP contribution in [0.2, 0.25) is 0 Å². The van der Waals surface area contributed by atoms with Gasteiger partial charge in [0.05, 0.1) is 4.90 Å². The van der Waals surface area contributed by atoms with Gasteiger partial charge in [-0.1, -0.05) is 26.8 Å². The summed E-state index contributed by atoms with van der Waals surface area (Å²) in [4.78, 5) is 0.240. The summed E-state index contributed by atoms with van der Waals surface area (Å²) in [5.74, 6) is 0. The molecule has 0 aliphatic carbocycles. The van der Waals surface area contributed by atoms with Gasteiger partial charge in [-0.2, -0.15) is 0 Å². The van der Waals surface area contributed by atoms with Gasteiger partial charge in [0.25, 0.3) is 0 Å². The largest absolute Gasteiger partial charge is 0.398 e. The van der Waals surface area contributed by atoms with Gasteiger partial charge in [0.15, 0.2) is 0 Å². The maximum absolute atomic E-state index is 12.1. The summed E-state index contributed by atoms with van der Waals surface area (Å²) in [6, 6.07) is 4.89. The topological polar surface area (TPSA) is 72.2 Å². The summed E-state index contributed by atoms with van der Waals surface area (Å²) in [6.45, 7) is 5.92. The average molecular weight is 270 g/mol. The summed E-state index contributed by atoms with van der Waals surface area (Å²) in [6.07, 6.45) is 2.35. The molecule has 0 aliphatic heterocycles. The van der Waals surface area contributed by atoms with Gasteiger partial charge in [-0.25, -0.2) is 13.1 Å². The van der Waals surface area contributed by atoms with E-state index in [4.69, 9.17) is 5.73 Å². The van der Waals surface area contributed by atoms with Crippen molar-refractivity contribution in [1.29, 1.82) is 0 Å². The van der Waals surface area contributed by atoms with Gasteiger partial charge in [-0.15, -0.1) is 0 Å². The first-order chi connectivity index (χ1) is 8.44. The lowest BCUT2D eigenvalue weighted by molar-refractivity contribution is 0.530. The second kappa shape index (κ2) is 6.20. The van der Waals surface area contributed by atoms with E-state index in [2.05, 4.69) is 4.72 Å². The Morgan fingerprint density at radius 1 is 1.22 bits per heavy atom. The van der Waals surface area contributed by atoms with E-state index in [0.717, 1.165) is 24.8 Å². The molecular formula is C13H22N2O2S. The Kier molecular flexibility index (Phi) is 5.16. The van der Waals surface area contributed by atoms with E-state index >= 15 is 0 Å². The van der Waals surface area contributed by atoms with Gasteiger partial charge in [0, 0.05) is 11.7 Å². The van der Waals surface area contributed by atoms with Crippen molar-refractivity contribution in [3.63, 3.8) is 0 Å². The second-order valence-electron chi connectivity index (χ2n) is 4.35. The fourth-order valence-electron chi connectivity index (χ4n) is 1.80. The van der Waals surface area contributed by atoms with Crippen molar-refractivity contribution in [2.24, 2.45) is 0 Å². The third-order valence-corrected chi connectivity index (χ3v) is 4.63. The minimum atomic E-state index is -3.46. The van der Waals surface area contributed by atoms with E-state index in [1.54, 1.807) is 12.1 Å². The van der Waals surface area contributed by atoms with Gasteiger partial charge in [-0.3, -0.25) is 0 Å². The Labute approximate surface area is 110 Å². The Balaban J connectivity index is 3.02. The van der Waals surface area contributed by atoms with E-state index in [1.165, 1.54) is 6.07 Å². The van der Waals surface area contributed by atoms with Crippen molar-refractivity contribution in [3.8, 4) is 0 Å². The molecule has 0 radical (unpaired) electrons. The molecule has 0 heterocycles. The molecule has 0 saturated carbocycles. The molecule has 1 aromatic rings. The molecule has 102 valence electrons. The van der Waals surface area contributed by atoms with Crippen LogP contribution in [-0.4, -0.2) is 14.5 Å². The molecule has 1 aromatic carbocycles. The summed E-state index contributed by atoms with van der Waals surface area (Å²) < 4.78 is 27.0. The lowest BCUT2D eigenvalue weighted by Crippen LogP contribution is -2.33. The van der Waals surface area contributed by atoms with Gasteiger partial charge in [0.2, 0.25) is 10.0 Å². The Morgan fingerprint density at radius 3 is 2.28 bits per heavy atom. The predicted molar refractivity (Wildman–Crippen MR) is 74.9 cm³/mol. The van der Waals surface area contributed by atoms with Crippen LogP contribution in [0.15, 0.2) is 23.1 Å². The average Bonchev–Trinajstić information content (AvgIpc) is 2.35. The Hall–Kier alpha value is -1.07. The van der Waals surface area contributed by atoms with Crippen LogP contribution in [0.3, 0.4) is 0 Å². The monoisotopic (exact) mass is 270 g/mol. The number of benzene rings is 1. The Morgan fingerprint density at radius 2 is 1.83 bits per heavy atom. The van der Waals surface area contributed by atoms with E-state index < -0.39 is 10.0 Å². The van der Waals surface area contributed by atoms with E-state index in [1.807, 2.05) is 20.8 Å². The fraction of sp³-hybridized carbons (Fsp3) is 0.538. The van der Waals surface area contributed by atoms with Crippen molar-refractivity contribution < 1.29 is 8.42 Å². The van der Waals surface area contributed by atoms with Crippen molar-refractivity contribution in [1.82, 2.24) is 4.72 Å². The number of aryl methyl sites for hydroxylation is 1. The third kappa shape index (κ3) is 3.46. The van der Waals surface area contributed by atoms with Crippen LogP contribution < -0.4 is 10.5 Å². The molecule has 0 bridgehead atoms. The van der Waals surface area contributed by atoms with Gasteiger partial charge in [0.1, 0.15) is 0 Å². The zero-order valence-corrected chi connectivity index (χ0v) is 12.0. The summed E-state index contributed by atoms with van der Waals surface area (Å²) >= 11 is 0. The molecule has 0 spiro atoms. The van der Waals surface area contributed by atoms with Crippen LogP contribution in [0.25, 0.3) is 0 Å². The summed E-state index contributed by atoms with van der Waals surface area (Å²) in [5, 5.41) is 0. The minimum Gasteiger partial charge on any atom is -0.398 e. The first-order valence-electron chi connectivity index (χ1n) is 6.35. The zero-order valence-electron chi connectivity index (χ0n) is 11.2. The molecule has 18 heavy (non-hydrogen) atoms. The second-order valence-corrected chi connectivity index (χ2v) is 6.06. The quantitative estimate of drug-likeness (QED) is 0.779. The van der Waals surface area contributed by atoms with Crippen molar-refractivity contribution in [3.05, 3.63) is 23.8 Å². The molecule has 0 aliphatic rings. The lowest BCUT2D eigenvalue weighted by atomic mass is 10.1. The molecule has 0 fully saturated rings. The number of sulfonamides is 1. The minimum absolute atomic E-state index is 0.0259. The first kappa shape index (κ1) is 15.0. The van der Waals surface area contributed by atoms with Gasteiger partial charge >= 0.3 is 0 Å². The number of hydrogen-bond acceptors (Lipinski definition) is 3. The fourth-order valence-corrected chi connectivity index (χ4v) is 3.24. The lowest BCUT2D eigenvalue weighted by Gasteiger charge is -2.15. The van der Waals surface area contributed by atoms with Crippen LogP contribution in [0.1, 0.15) is 39.2 Å². The standard InChI is InChI=1S/C13H22N2O2S/c1-4-10-7-8-12(9-13(10)14)18(16,17)15-11(5-2)6-3/h7-9,11,15H,4-6,14H2,1-3H3. The molecule has 0 saturated heterocycles. The smallest absolute Gasteiger partial charge is 0.240 e. The zero-order chi connectivity index (χ0) is 13.8. The summed E-state index contributed by atoms with van der Waals surface area (Å²) in [5.41, 5.74) is 7.33. The van der Waals surface area contributed by atoms with Crippen molar-refractivity contribution >= 4 is 15.7 Å². The molecule has 1 rings (SSSR count). The third-order valence-electron chi connectivity index (χ3n) is 3.12. The molecular weight excluding hydrogens is 248 g/mol. The number of nitrogens with one attached hydrogen (secondary N) is 1. The molecule has 4 nitrogen and oxygen atoms in total. The van der Waals surface area contributed by atoms with Crippen LogP contribution in [0, 0.1) is 0 Å². The number of nitrogen functional groups attached to an aromatic ring is 1. The molecule has 3 N–H and O–H groups in total. The SMILES string of the molecule is CCc1ccc(S(=O)(=O)NC(CC)CC)cc1N. The van der Waals surface area contributed by atoms with Crippen LogP contribution in [-0.2, 0) is 16.4 Å². The van der Waals surface area contributed by atoms with Gasteiger partial charge < -0.3 is 5.73 Å². The van der Waals surface area contributed by atoms with E-state index in [0.29, 0.717) is 5.69 Å². The molecule has 5 heteroatoms. The Bertz CT molecular complexity index is 494. The van der Waals surface area contributed by atoms with E-state index in [9.17, 15) is 8.42 Å². The first-order valence-corrected chi connectivity index (χ1v) is 7.83. The molecule has 0 unspecified atom stereocenters. The van der Waals surface area contributed by atoms with E-state index in [-0.39, 0.29) is 10.9 Å². The van der Waals surface area contributed by atoms with Crippen LogP contribution in [0.4, 0.5) is 5.69 Å². The van der Waals surface area contributed by atoms with Crippen LogP contribution in [0.5, 0.6) is 0 Å². The molecule has 0 aromatic heterocycles. The number of anilines is 1. The highest BCUT2D eigenvalue weighted by molar-refractivity contribution is 7.89. The molecule has 0 amide bonds. The van der Waals surface area contributed by atoms with Crippen molar-refractivity contribution in [2.45, 2.75) is 51.0 Å². The maximum atomic E-state index is 12.1. The predicted octanol–water partition coefficient (Wildman–Crippen LogP) is 2.30. The maximum Gasteiger partial charge on any atom is 0.240 e. The highest BCUT2D eigenvalue weighted by Gasteiger charge is 2.18. The van der Waals surface area contributed by atoms with Crippen molar-refractivity contribution in [2.75, 3.05) is 5.73 Å². The number of nitrogens with two attached hydrogens (primary N) is 1. The van der Waals surface area contributed by atoms with Crippen LogP contribution >= 0.6 is 0 Å². The highest BCUT2D eigenvalue weighted by Crippen LogP contribution is 2.19. The normalized spacial score (nSPS) is 12.0. The highest BCUT2D eigenvalue weighted by atomic mass is 32.2. The van der Waals surface area contributed by atoms with Gasteiger partial charge in [-0.05, 0) is 37.0 Å².